The molecule has 11 heteroatoms. The first-order valence-corrected chi connectivity index (χ1v) is 12.8. The molecule has 2 N–H and O–H groups in total. The van der Waals surface area contributed by atoms with Crippen molar-refractivity contribution in [3.8, 4) is 0 Å². The van der Waals surface area contributed by atoms with Crippen molar-refractivity contribution in [3.05, 3.63) is 93.8 Å². The number of carbonyl (C=O) groups excluding carboxylic acids is 2. The number of halogens is 5. The van der Waals surface area contributed by atoms with E-state index in [0.717, 1.165) is 18.3 Å². The summed E-state index contributed by atoms with van der Waals surface area (Å²) in [5.41, 5.74) is -2.64. The topological polar surface area (TPSA) is 82.5 Å². The van der Waals surface area contributed by atoms with Crippen molar-refractivity contribution in [2.24, 2.45) is 5.92 Å². The zero-order chi connectivity index (χ0) is 27.9. The molecule has 204 valence electrons. The Balaban J connectivity index is 1.28. The van der Waals surface area contributed by atoms with Crippen LogP contribution in [-0.2, 0) is 10.4 Å². The molecule has 0 bridgehead atoms. The van der Waals surface area contributed by atoms with Crippen LogP contribution in [0.5, 0.6) is 0 Å². The van der Waals surface area contributed by atoms with Gasteiger partial charge in [0, 0.05) is 36.0 Å². The summed E-state index contributed by atoms with van der Waals surface area (Å²) in [4.78, 5) is 31.3. The first kappa shape index (κ1) is 27.1. The van der Waals surface area contributed by atoms with Crippen LogP contribution in [-0.4, -0.2) is 34.5 Å². The largest absolute Gasteiger partial charge is 0.372 e. The zero-order valence-electron chi connectivity index (χ0n) is 20.5. The van der Waals surface area contributed by atoms with Gasteiger partial charge in [0.2, 0.25) is 0 Å². The van der Waals surface area contributed by atoms with Crippen molar-refractivity contribution in [2.75, 3.05) is 11.4 Å². The number of para-hydroxylation sites is 1. The van der Waals surface area contributed by atoms with Crippen LogP contribution in [0.3, 0.4) is 0 Å². The normalized spacial score (nSPS) is 22.7. The summed E-state index contributed by atoms with van der Waals surface area (Å²) in [6.45, 7) is 0.254. The summed E-state index contributed by atoms with van der Waals surface area (Å²) in [6, 6.07) is 10.0. The molecule has 0 spiro atoms. The number of nitrogens with zero attached hydrogens (tertiary/aromatic N) is 2. The van der Waals surface area contributed by atoms with Gasteiger partial charge in [-0.15, -0.1) is 0 Å². The molecule has 2 heterocycles. The van der Waals surface area contributed by atoms with Gasteiger partial charge in [0.15, 0.2) is 5.60 Å². The van der Waals surface area contributed by atoms with Gasteiger partial charge in [-0.25, -0.2) is 17.6 Å². The van der Waals surface area contributed by atoms with Crippen molar-refractivity contribution < 1.29 is 32.3 Å². The number of rotatable bonds is 6. The highest BCUT2D eigenvalue weighted by Gasteiger charge is 2.51. The van der Waals surface area contributed by atoms with E-state index in [1.54, 1.807) is 24.3 Å². The van der Waals surface area contributed by atoms with Gasteiger partial charge in [-0.05, 0) is 55.9 Å². The summed E-state index contributed by atoms with van der Waals surface area (Å²) in [5.74, 6) is -3.18. The van der Waals surface area contributed by atoms with Crippen LogP contribution in [0.4, 0.5) is 23.2 Å². The van der Waals surface area contributed by atoms with Crippen LogP contribution in [0.1, 0.15) is 59.3 Å². The summed E-state index contributed by atoms with van der Waals surface area (Å²) >= 11 is 5.86. The van der Waals surface area contributed by atoms with Gasteiger partial charge >= 0.3 is 0 Å². The van der Waals surface area contributed by atoms with Crippen molar-refractivity contribution in [1.29, 1.82) is 0 Å². The minimum absolute atomic E-state index is 0.00575. The lowest BCUT2D eigenvalue weighted by atomic mass is 9.85. The van der Waals surface area contributed by atoms with E-state index in [4.69, 9.17) is 11.6 Å². The Morgan fingerprint density at radius 1 is 1.10 bits per heavy atom. The van der Waals surface area contributed by atoms with Crippen molar-refractivity contribution >= 4 is 29.1 Å². The molecule has 2 aromatic carbocycles. The smallest absolute Gasteiger partial charge is 0.281 e. The minimum atomic E-state index is -2.93. The molecular formula is C28H24ClF4N3O3. The number of alkyl halides is 2. The number of nitrogens with one attached hydrogen (secondary N) is 1. The molecule has 0 radical (unpaired) electrons. The molecule has 39 heavy (non-hydrogen) atoms. The predicted octanol–water partition coefficient (Wildman–Crippen LogP) is 5.52. The molecule has 0 saturated heterocycles. The van der Waals surface area contributed by atoms with Gasteiger partial charge in [0.25, 0.3) is 18.2 Å². The number of carbonyl (C=O) groups is 2. The van der Waals surface area contributed by atoms with Crippen molar-refractivity contribution in [3.63, 3.8) is 0 Å². The SMILES string of the molecule is O=C(N[C@H]1CC[C@H](CN2C(=O)C(O)(c3cc(F)cc(F)c3)c3ccccc32)CC1)c1cc(Cl)cnc1C(F)F. The van der Waals surface area contributed by atoms with Gasteiger partial charge < -0.3 is 15.3 Å². The zero-order valence-corrected chi connectivity index (χ0v) is 21.3. The lowest BCUT2D eigenvalue weighted by molar-refractivity contribution is -0.132. The molecule has 1 aliphatic carbocycles. The van der Waals surface area contributed by atoms with Crippen LogP contribution in [0.15, 0.2) is 54.7 Å². The van der Waals surface area contributed by atoms with Crippen LogP contribution in [0.2, 0.25) is 5.02 Å². The monoisotopic (exact) mass is 561 g/mol. The van der Waals surface area contributed by atoms with Crippen molar-refractivity contribution in [1.82, 2.24) is 10.3 Å². The number of hydrogen-bond donors (Lipinski definition) is 2. The highest BCUT2D eigenvalue weighted by Crippen LogP contribution is 2.45. The maximum Gasteiger partial charge on any atom is 0.281 e. The molecule has 1 saturated carbocycles. The Morgan fingerprint density at radius 2 is 1.77 bits per heavy atom. The summed E-state index contributed by atoms with van der Waals surface area (Å²) in [6.07, 6.45) is 0.435. The van der Waals surface area contributed by atoms with Gasteiger partial charge in [-0.3, -0.25) is 14.6 Å². The van der Waals surface area contributed by atoms with E-state index in [1.807, 2.05) is 0 Å². The molecule has 5 rings (SSSR count). The van der Waals surface area contributed by atoms with Gasteiger partial charge in [-0.1, -0.05) is 29.8 Å². The number of hydrogen-bond acceptors (Lipinski definition) is 4. The second kappa shape index (κ2) is 10.6. The molecule has 1 unspecified atom stereocenters. The highest BCUT2D eigenvalue weighted by molar-refractivity contribution is 6.30. The van der Waals surface area contributed by atoms with E-state index in [0.29, 0.717) is 37.4 Å². The molecule has 1 aliphatic heterocycles. The molecule has 3 aromatic rings. The van der Waals surface area contributed by atoms with Gasteiger partial charge in [-0.2, -0.15) is 0 Å². The Morgan fingerprint density at radius 3 is 2.44 bits per heavy atom. The number of anilines is 1. The predicted molar refractivity (Wildman–Crippen MR) is 136 cm³/mol. The maximum absolute atomic E-state index is 14.0. The Kier molecular flexibility index (Phi) is 7.35. The van der Waals surface area contributed by atoms with Crippen LogP contribution < -0.4 is 10.2 Å². The molecular weight excluding hydrogens is 538 g/mol. The fourth-order valence-electron chi connectivity index (χ4n) is 5.47. The Bertz CT molecular complexity index is 1410. The Labute approximate surface area is 226 Å². The first-order valence-electron chi connectivity index (χ1n) is 12.4. The number of fused-ring (bicyclic) bond motifs is 1. The number of pyridine rings is 1. The van der Waals surface area contributed by atoms with Crippen molar-refractivity contribution in [2.45, 2.75) is 43.8 Å². The molecule has 2 amide bonds. The number of benzene rings is 2. The Hall–Kier alpha value is -3.50. The lowest BCUT2D eigenvalue weighted by Gasteiger charge is -2.32. The van der Waals surface area contributed by atoms with E-state index in [1.165, 1.54) is 11.0 Å². The minimum Gasteiger partial charge on any atom is -0.372 e. The standard InChI is InChI=1S/C28H24ClF4N3O3/c29-17-11-21(24(25(32)33)34-13-17)26(37)35-20-7-5-15(6-8-20)14-36-23-4-2-1-3-22(23)28(39,27(36)38)16-9-18(30)12-19(31)10-16/h1-4,9-13,15,20,25,39H,5-8,14H2,(H,35,37)/t15-,20-,28?. The van der Waals surface area contributed by atoms with E-state index >= 15 is 0 Å². The molecule has 1 atom stereocenters. The second-order valence-corrected chi connectivity index (χ2v) is 10.3. The molecule has 1 fully saturated rings. The van der Waals surface area contributed by atoms with Gasteiger partial charge in [0.05, 0.1) is 16.3 Å². The fraction of sp³-hybridized carbons (Fsp3) is 0.321. The third-order valence-electron chi connectivity index (χ3n) is 7.38. The van der Waals surface area contributed by atoms with Crippen LogP contribution >= 0.6 is 11.6 Å². The average molecular weight is 562 g/mol. The fourth-order valence-corrected chi connectivity index (χ4v) is 5.63. The van der Waals surface area contributed by atoms with E-state index in [-0.39, 0.29) is 40.2 Å². The summed E-state index contributed by atoms with van der Waals surface area (Å²) in [7, 11) is 0. The second-order valence-electron chi connectivity index (χ2n) is 9.88. The molecule has 2 aliphatic rings. The number of amides is 2. The van der Waals surface area contributed by atoms with Gasteiger partial charge in [0.1, 0.15) is 17.3 Å². The average Bonchev–Trinajstić information content (AvgIpc) is 3.11. The van der Waals surface area contributed by atoms with E-state index < -0.39 is 41.2 Å². The van der Waals surface area contributed by atoms with E-state index in [2.05, 4.69) is 10.3 Å². The first-order chi connectivity index (χ1) is 18.6. The number of aromatic nitrogens is 1. The maximum atomic E-state index is 14.0. The third-order valence-corrected chi connectivity index (χ3v) is 7.59. The highest BCUT2D eigenvalue weighted by atomic mass is 35.5. The quantitative estimate of drug-likeness (QED) is 0.388. The molecule has 1 aromatic heterocycles. The summed E-state index contributed by atoms with van der Waals surface area (Å²) < 4.78 is 54.6. The van der Waals surface area contributed by atoms with E-state index in [9.17, 15) is 32.3 Å². The van der Waals surface area contributed by atoms with Crippen LogP contribution in [0, 0.1) is 17.6 Å². The van der Waals surface area contributed by atoms with Crippen LogP contribution in [0.25, 0.3) is 0 Å². The molecule has 6 nitrogen and oxygen atoms in total. The third kappa shape index (κ3) is 5.10. The lowest BCUT2D eigenvalue weighted by Crippen LogP contribution is -2.44. The number of aliphatic hydroxyl groups is 1. The summed E-state index contributed by atoms with van der Waals surface area (Å²) in [5, 5.41) is 14.4.